The van der Waals surface area contributed by atoms with Crippen LogP contribution in [0.25, 0.3) is 0 Å². The van der Waals surface area contributed by atoms with Gasteiger partial charge in [0, 0.05) is 19.6 Å². The van der Waals surface area contributed by atoms with Gasteiger partial charge in [-0.1, -0.05) is 26.7 Å². The van der Waals surface area contributed by atoms with Gasteiger partial charge in [-0.25, -0.2) is 0 Å². The monoisotopic (exact) mass is 743 g/mol. The highest BCUT2D eigenvalue weighted by molar-refractivity contribution is 14.1. The molecule has 4 nitrogen and oxygen atoms in total. The van der Waals surface area contributed by atoms with Crippen LogP contribution in [0.4, 0.5) is 0 Å². The summed E-state index contributed by atoms with van der Waals surface area (Å²) in [6.45, 7) is 4.75. The summed E-state index contributed by atoms with van der Waals surface area (Å²) in [5, 5.41) is 0. The van der Waals surface area contributed by atoms with Gasteiger partial charge in [0.1, 0.15) is 11.5 Å². The lowest BCUT2D eigenvalue weighted by molar-refractivity contribution is -0.129. The van der Waals surface area contributed by atoms with E-state index in [1.807, 2.05) is 30.3 Å². The Hall–Kier alpha value is -0.430. The van der Waals surface area contributed by atoms with Gasteiger partial charge in [-0.05, 0) is 123 Å². The molecule has 7 heteroatoms. The molecule has 0 radical (unpaired) electrons. The lowest BCUT2D eigenvalue weighted by Gasteiger charge is -2.17. The second-order valence-corrected chi connectivity index (χ2v) is 11.1. The van der Waals surface area contributed by atoms with Crippen LogP contribution in [0.15, 0.2) is 36.4 Å². The van der Waals surface area contributed by atoms with Crippen molar-refractivity contribution in [3.05, 3.63) is 52.7 Å². The van der Waals surface area contributed by atoms with Crippen molar-refractivity contribution in [1.29, 1.82) is 0 Å². The minimum atomic E-state index is -0.216. The van der Waals surface area contributed by atoms with E-state index in [0.29, 0.717) is 17.9 Å². The Labute approximate surface area is 218 Å². The smallest absolute Gasteiger partial charge is 0.261 e. The summed E-state index contributed by atoms with van der Waals surface area (Å²) in [7, 11) is 0. The first kappa shape index (κ1) is 24.2. The van der Waals surface area contributed by atoms with Crippen LogP contribution in [0, 0.1) is 22.5 Å². The number of carbonyl (C=O) groups is 2. The Balaban J connectivity index is 1.85. The number of carbonyl (C=O) groups excluding carboxylic acids is 2. The Kier molecular flexibility index (Phi) is 8.82. The molecule has 1 fully saturated rings. The number of rotatable bonds is 7. The third-order valence-corrected chi connectivity index (χ3v) is 7.82. The molecule has 2 atom stereocenters. The molecule has 30 heavy (non-hydrogen) atoms. The van der Waals surface area contributed by atoms with Crippen LogP contribution in [0.2, 0.25) is 0 Å². The van der Waals surface area contributed by atoms with Gasteiger partial charge < -0.3 is 4.74 Å². The van der Waals surface area contributed by atoms with E-state index in [9.17, 15) is 9.59 Å². The highest BCUT2D eigenvalue weighted by atomic mass is 127. The van der Waals surface area contributed by atoms with Crippen LogP contribution in [-0.2, 0) is 4.79 Å². The number of likely N-dealkylation sites (tertiary alicyclic amines) is 1. The fourth-order valence-corrected chi connectivity index (χ4v) is 6.21. The van der Waals surface area contributed by atoms with Gasteiger partial charge in [0.2, 0.25) is 5.91 Å². The first-order chi connectivity index (χ1) is 14.3. The van der Waals surface area contributed by atoms with Crippen molar-refractivity contribution < 1.29 is 14.3 Å². The van der Waals surface area contributed by atoms with E-state index in [1.165, 1.54) is 4.90 Å². The fourth-order valence-electron chi connectivity index (χ4n) is 3.93. The highest BCUT2D eigenvalue weighted by Crippen LogP contribution is 2.35. The molecule has 2 unspecified atom stereocenters. The molecular formula is C23H24I3NO3. The van der Waals surface area contributed by atoms with Crippen molar-refractivity contribution in [1.82, 2.24) is 4.90 Å². The molecule has 2 amide bonds. The molecule has 160 valence electrons. The molecule has 0 N–H and O–H groups in total. The van der Waals surface area contributed by atoms with Crippen LogP contribution in [-0.4, -0.2) is 23.3 Å². The fraction of sp³-hybridized carbons (Fsp3) is 0.391. The van der Waals surface area contributed by atoms with Gasteiger partial charge in [-0.2, -0.15) is 0 Å². The van der Waals surface area contributed by atoms with Crippen molar-refractivity contribution in [2.24, 2.45) is 11.8 Å². The van der Waals surface area contributed by atoms with Crippen LogP contribution in [0.5, 0.6) is 11.5 Å². The number of nitrogens with zero attached hydrogens (tertiary/aromatic N) is 1. The minimum absolute atomic E-state index is 0.0189. The number of imide groups is 1. The molecule has 3 rings (SSSR count). The van der Waals surface area contributed by atoms with Gasteiger partial charge >= 0.3 is 0 Å². The zero-order valence-corrected chi connectivity index (χ0v) is 23.4. The van der Waals surface area contributed by atoms with Gasteiger partial charge in [0.05, 0.1) is 9.13 Å². The van der Waals surface area contributed by atoms with Crippen molar-refractivity contribution in [3.63, 3.8) is 0 Å². The van der Waals surface area contributed by atoms with E-state index >= 15 is 0 Å². The van der Waals surface area contributed by atoms with Crippen molar-refractivity contribution >= 4 is 79.6 Å². The third-order valence-electron chi connectivity index (χ3n) is 5.36. The summed E-state index contributed by atoms with van der Waals surface area (Å²) >= 11 is 6.66. The zero-order chi connectivity index (χ0) is 21.8. The molecule has 0 bridgehead atoms. The summed E-state index contributed by atoms with van der Waals surface area (Å²) in [4.78, 5) is 27.8. The van der Waals surface area contributed by atoms with Crippen molar-refractivity contribution in [2.45, 2.75) is 39.5 Å². The van der Waals surface area contributed by atoms with Crippen LogP contribution >= 0.6 is 67.8 Å². The maximum atomic E-state index is 13.3. The number of amides is 2. The minimum Gasteiger partial charge on any atom is -0.456 e. The van der Waals surface area contributed by atoms with E-state index in [4.69, 9.17) is 4.74 Å². The molecule has 0 saturated carbocycles. The second-order valence-electron chi connectivity index (χ2n) is 7.52. The lowest BCUT2D eigenvalue weighted by Crippen LogP contribution is -2.34. The molecule has 2 aromatic rings. The molecule has 0 aliphatic carbocycles. The predicted octanol–water partition coefficient (Wildman–Crippen LogP) is 7.11. The Bertz CT molecular complexity index is 947. The SMILES string of the molecule is CCCC1CN(C(=O)c2cc(Oc3ccc(I)cc3I)ccc2I)C(=O)C1CCC. The average molecular weight is 743 g/mol. The normalized spacial score (nSPS) is 18.7. The van der Waals surface area contributed by atoms with E-state index in [2.05, 4.69) is 81.6 Å². The van der Waals surface area contributed by atoms with Gasteiger partial charge in [0.25, 0.3) is 5.91 Å². The summed E-state index contributed by atoms with van der Waals surface area (Å²) < 4.78 is 9.01. The summed E-state index contributed by atoms with van der Waals surface area (Å²) in [6.07, 6.45) is 3.80. The van der Waals surface area contributed by atoms with E-state index in [1.54, 1.807) is 6.07 Å². The molecule has 2 aromatic carbocycles. The van der Waals surface area contributed by atoms with E-state index in [-0.39, 0.29) is 23.7 Å². The van der Waals surface area contributed by atoms with Crippen molar-refractivity contribution in [2.75, 3.05) is 6.54 Å². The van der Waals surface area contributed by atoms with E-state index in [0.717, 1.165) is 42.1 Å². The maximum Gasteiger partial charge on any atom is 0.261 e. The van der Waals surface area contributed by atoms with Gasteiger partial charge in [-0.3, -0.25) is 14.5 Å². The summed E-state index contributed by atoms with van der Waals surface area (Å²) in [5.41, 5.74) is 0.523. The van der Waals surface area contributed by atoms with E-state index < -0.39 is 0 Å². The second kappa shape index (κ2) is 10.9. The largest absolute Gasteiger partial charge is 0.456 e. The molecule has 1 aliphatic rings. The van der Waals surface area contributed by atoms with Gasteiger partial charge in [-0.15, -0.1) is 0 Å². The zero-order valence-electron chi connectivity index (χ0n) is 17.0. The molecule has 0 spiro atoms. The number of hydrogen-bond donors (Lipinski definition) is 0. The van der Waals surface area contributed by atoms with Crippen LogP contribution < -0.4 is 4.74 Å². The third kappa shape index (κ3) is 5.48. The summed E-state index contributed by atoms with van der Waals surface area (Å²) in [5.74, 6) is 1.33. The molecule has 1 heterocycles. The number of halogens is 3. The number of ether oxygens (including phenoxy) is 1. The quantitative estimate of drug-likeness (QED) is 0.225. The topological polar surface area (TPSA) is 46.6 Å². The Morgan fingerprint density at radius 3 is 2.43 bits per heavy atom. The highest BCUT2D eigenvalue weighted by Gasteiger charge is 2.42. The van der Waals surface area contributed by atoms with Crippen LogP contribution in [0.3, 0.4) is 0 Å². The first-order valence-corrected chi connectivity index (χ1v) is 13.4. The summed E-state index contributed by atoms with van der Waals surface area (Å²) in [6, 6.07) is 11.4. The predicted molar refractivity (Wildman–Crippen MR) is 144 cm³/mol. The number of benzene rings is 2. The molecule has 1 saturated heterocycles. The average Bonchev–Trinajstić information content (AvgIpc) is 3.01. The maximum absolute atomic E-state index is 13.3. The molecule has 0 aromatic heterocycles. The Morgan fingerprint density at radius 2 is 1.77 bits per heavy atom. The lowest BCUT2D eigenvalue weighted by atomic mass is 9.88. The molecular weight excluding hydrogens is 719 g/mol. The molecule has 1 aliphatic heterocycles. The van der Waals surface area contributed by atoms with Crippen LogP contribution in [0.1, 0.15) is 49.9 Å². The van der Waals surface area contributed by atoms with Crippen molar-refractivity contribution in [3.8, 4) is 11.5 Å². The number of hydrogen-bond acceptors (Lipinski definition) is 3. The standard InChI is InChI=1S/C23H24I3NO3/c1-3-5-14-13-27(22(28)17(14)6-4-2)23(29)18-12-16(8-9-19(18)25)30-21-10-7-15(24)11-20(21)26/h7-12,14,17H,3-6,13H2,1-2H3. The Morgan fingerprint density at radius 1 is 1.03 bits per heavy atom. The van der Waals surface area contributed by atoms with Gasteiger partial charge in [0.15, 0.2) is 0 Å². The first-order valence-electron chi connectivity index (χ1n) is 10.1.